The summed E-state index contributed by atoms with van der Waals surface area (Å²) in [7, 11) is 4.29. The predicted molar refractivity (Wildman–Crippen MR) is 117 cm³/mol. The number of pyridine rings is 1. The Bertz CT molecular complexity index is 992. The normalized spacial score (nSPS) is 21.6. The number of likely N-dealkylation sites (tertiary alicyclic amines) is 1. The molecule has 3 heterocycles. The maximum Gasteiger partial charge on any atom is 0.124 e. The van der Waals surface area contributed by atoms with E-state index in [-0.39, 0.29) is 0 Å². The molecule has 2 aromatic heterocycles. The summed E-state index contributed by atoms with van der Waals surface area (Å²) in [5.74, 6) is 1.94. The van der Waals surface area contributed by atoms with E-state index in [4.69, 9.17) is 9.97 Å². The molecule has 5 nitrogen and oxygen atoms in total. The minimum Gasteiger partial charge on any atom is -0.327 e. The molecule has 1 aliphatic heterocycles. The lowest BCUT2D eigenvalue weighted by molar-refractivity contribution is 0.195. The number of rotatable bonds is 6. The highest BCUT2D eigenvalue weighted by Gasteiger charge is 2.40. The lowest BCUT2D eigenvalue weighted by Gasteiger charge is -2.32. The van der Waals surface area contributed by atoms with Gasteiger partial charge in [0.15, 0.2) is 0 Å². The predicted octanol–water partition coefficient (Wildman–Crippen LogP) is 3.89. The number of fused-ring (bicyclic) bond motifs is 4. The number of aromatic nitrogens is 3. The highest BCUT2D eigenvalue weighted by atomic mass is 15.2. The Hall–Kier alpha value is -2.24. The second kappa shape index (κ2) is 7.88. The number of hydrogen-bond donors (Lipinski definition) is 0. The van der Waals surface area contributed by atoms with E-state index in [0.29, 0.717) is 6.04 Å². The molecule has 0 saturated carbocycles. The van der Waals surface area contributed by atoms with Crippen LogP contribution in [0, 0.1) is 5.92 Å². The van der Waals surface area contributed by atoms with Crippen molar-refractivity contribution in [1.29, 1.82) is 0 Å². The Labute approximate surface area is 173 Å². The topological polar surface area (TPSA) is 37.2 Å². The summed E-state index contributed by atoms with van der Waals surface area (Å²) in [5.41, 5.74) is 5.14. The molecule has 0 amide bonds. The molecule has 1 saturated heterocycles. The van der Waals surface area contributed by atoms with Gasteiger partial charge in [-0.2, -0.15) is 0 Å². The van der Waals surface area contributed by atoms with Crippen LogP contribution in [0.1, 0.15) is 42.4 Å². The van der Waals surface area contributed by atoms with E-state index in [0.717, 1.165) is 44.0 Å². The van der Waals surface area contributed by atoms with Crippen LogP contribution in [0.4, 0.5) is 0 Å². The van der Waals surface area contributed by atoms with E-state index >= 15 is 0 Å². The van der Waals surface area contributed by atoms with Gasteiger partial charge >= 0.3 is 0 Å². The fourth-order valence-corrected chi connectivity index (χ4v) is 5.29. The Balaban J connectivity index is 1.44. The molecule has 0 N–H and O–H groups in total. The van der Waals surface area contributed by atoms with Gasteiger partial charge in [0.2, 0.25) is 0 Å². The average Bonchev–Trinajstić information content (AvgIpc) is 3.30. The number of aryl methyl sites for hydroxylation is 2. The molecular weight excluding hydrogens is 358 g/mol. The van der Waals surface area contributed by atoms with E-state index < -0.39 is 0 Å². The maximum atomic E-state index is 5.05. The summed E-state index contributed by atoms with van der Waals surface area (Å²) < 4.78 is 2.45. The first-order valence-electron chi connectivity index (χ1n) is 11.0. The first-order chi connectivity index (χ1) is 14.2. The molecule has 1 aliphatic carbocycles. The Morgan fingerprint density at radius 3 is 2.90 bits per heavy atom. The van der Waals surface area contributed by atoms with Crippen molar-refractivity contribution in [3.05, 3.63) is 59.7 Å². The van der Waals surface area contributed by atoms with Gasteiger partial charge in [-0.3, -0.25) is 9.88 Å². The molecule has 152 valence electrons. The molecule has 1 aromatic carbocycles. The first-order valence-corrected chi connectivity index (χ1v) is 11.0. The summed E-state index contributed by atoms with van der Waals surface area (Å²) in [6, 6.07) is 13.4. The van der Waals surface area contributed by atoms with Crippen molar-refractivity contribution in [3.8, 4) is 0 Å². The number of imidazole rings is 1. The van der Waals surface area contributed by atoms with Crippen LogP contribution in [0.5, 0.6) is 0 Å². The van der Waals surface area contributed by atoms with Crippen LogP contribution in [-0.4, -0.2) is 51.5 Å². The van der Waals surface area contributed by atoms with Crippen molar-refractivity contribution in [1.82, 2.24) is 24.3 Å². The third-order valence-corrected chi connectivity index (χ3v) is 6.68. The van der Waals surface area contributed by atoms with Gasteiger partial charge in [-0.15, -0.1) is 0 Å². The smallest absolute Gasteiger partial charge is 0.124 e. The van der Waals surface area contributed by atoms with Gasteiger partial charge in [-0.05, 0) is 82.5 Å². The largest absolute Gasteiger partial charge is 0.327 e. The molecule has 2 aliphatic rings. The lowest BCUT2D eigenvalue weighted by atomic mass is 9.83. The van der Waals surface area contributed by atoms with Gasteiger partial charge in [0, 0.05) is 12.7 Å². The molecule has 5 heteroatoms. The molecule has 0 spiro atoms. The van der Waals surface area contributed by atoms with Crippen LogP contribution in [0.25, 0.3) is 11.0 Å². The number of hydrogen-bond acceptors (Lipinski definition) is 4. The van der Waals surface area contributed by atoms with E-state index in [1.165, 1.54) is 41.9 Å². The van der Waals surface area contributed by atoms with Crippen LogP contribution >= 0.6 is 0 Å². The second-order valence-corrected chi connectivity index (χ2v) is 8.88. The van der Waals surface area contributed by atoms with Crippen molar-refractivity contribution < 1.29 is 0 Å². The Morgan fingerprint density at radius 1 is 1.10 bits per heavy atom. The monoisotopic (exact) mass is 389 g/mol. The highest BCUT2D eigenvalue weighted by molar-refractivity contribution is 5.75. The first kappa shape index (κ1) is 18.8. The minimum atomic E-state index is 0.454. The quantitative estimate of drug-likeness (QED) is 0.641. The summed E-state index contributed by atoms with van der Waals surface area (Å²) in [6.45, 7) is 4.17. The van der Waals surface area contributed by atoms with Crippen molar-refractivity contribution in [2.75, 3.05) is 27.2 Å². The molecule has 3 aromatic rings. The minimum absolute atomic E-state index is 0.454. The third kappa shape index (κ3) is 3.58. The van der Waals surface area contributed by atoms with Gasteiger partial charge in [0.05, 0.1) is 29.3 Å². The zero-order chi connectivity index (χ0) is 19.8. The van der Waals surface area contributed by atoms with Gasteiger partial charge < -0.3 is 9.47 Å². The molecule has 2 atom stereocenters. The van der Waals surface area contributed by atoms with Crippen molar-refractivity contribution >= 4 is 11.0 Å². The molecule has 1 fully saturated rings. The summed E-state index contributed by atoms with van der Waals surface area (Å²) >= 11 is 0. The molecule has 29 heavy (non-hydrogen) atoms. The van der Waals surface area contributed by atoms with Crippen LogP contribution in [0.15, 0.2) is 42.6 Å². The number of benzene rings is 1. The SMILES string of the molecule is CN(C)CCCn1c(CN2CC[C@@H]3CCc4cccnc4[C@H]32)nc2ccccc21. The average molecular weight is 390 g/mol. The summed E-state index contributed by atoms with van der Waals surface area (Å²) in [5, 5.41) is 0. The third-order valence-electron chi connectivity index (χ3n) is 6.68. The van der Waals surface area contributed by atoms with Crippen molar-refractivity contribution in [2.24, 2.45) is 5.92 Å². The zero-order valence-corrected chi connectivity index (χ0v) is 17.6. The van der Waals surface area contributed by atoms with Gasteiger partial charge in [-0.1, -0.05) is 18.2 Å². The second-order valence-electron chi connectivity index (χ2n) is 8.88. The zero-order valence-electron chi connectivity index (χ0n) is 17.6. The highest BCUT2D eigenvalue weighted by Crippen LogP contribution is 2.44. The molecule has 0 radical (unpaired) electrons. The molecular formula is C24H31N5. The van der Waals surface area contributed by atoms with Crippen molar-refractivity contribution in [3.63, 3.8) is 0 Å². The Morgan fingerprint density at radius 2 is 2.00 bits per heavy atom. The molecule has 0 bridgehead atoms. The fourth-order valence-electron chi connectivity index (χ4n) is 5.29. The van der Waals surface area contributed by atoms with Crippen LogP contribution in [0.3, 0.4) is 0 Å². The summed E-state index contributed by atoms with van der Waals surface area (Å²) in [4.78, 5) is 14.8. The molecule has 5 rings (SSSR count). The van der Waals surface area contributed by atoms with E-state index in [1.54, 1.807) is 0 Å². The maximum absolute atomic E-state index is 5.05. The van der Waals surface area contributed by atoms with Gasteiger partial charge in [0.1, 0.15) is 5.82 Å². The van der Waals surface area contributed by atoms with Crippen molar-refractivity contribution in [2.45, 2.75) is 44.8 Å². The van der Waals surface area contributed by atoms with E-state index in [9.17, 15) is 0 Å². The van der Waals surface area contributed by atoms with E-state index in [1.807, 2.05) is 6.20 Å². The van der Waals surface area contributed by atoms with Gasteiger partial charge in [0.25, 0.3) is 0 Å². The number of nitrogens with zero attached hydrogens (tertiary/aromatic N) is 5. The summed E-state index contributed by atoms with van der Waals surface area (Å²) in [6.07, 6.45) is 6.85. The van der Waals surface area contributed by atoms with Crippen LogP contribution in [-0.2, 0) is 19.5 Å². The van der Waals surface area contributed by atoms with E-state index in [2.05, 4.69) is 64.9 Å². The lowest BCUT2D eigenvalue weighted by Crippen LogP contribution is -2.30. The van der Waals surface area contributed by atoms with Crippen LogP contribution in [0.2, 0.25) is 0 Å². The Kier molecular flexibility index (Phi) is 5.10. The molecule has 0 unspecified atom stereocenters. The van der Waals surface area contributed by atoms with Crippen LogP contribution < -0.4 is 0 Å². The van der Waals surface area contributed by atoms with Gasteiger partial charge in [-0.25, -0.2) is 4.98 Å². The fraction of sp³-hybridized carbons (Fsp3) is 0.500. The number of para-hydroxylation sites is 2. The standard InChI is InChI=1S/C24H31N5/c1-27(2)14-6-15-29-21-9-4-3-8-20(21)26-22(29)17-28-16-12-19-11-10-18-7-5-13-25-23(18)24(19)28/h3-5,7-9,13,19,24H,6,10-12,14-17H2,1-2H3/t19-,24-/m0/s1.